The molecule has 0 radical (unpaired) electrons. The number of hydrogen-bond donors (Lipinski definition) is 2. The van der Waals surface area contributed by atoms with Crippen molar-refractivity contribution in [1.29, 1.82) is 0 Å². The molecule has 30 heavy (non-hydrogen) atoms. The smallest absolute Gasteiger partial charge is 0.192 e. The van der Waals surface area contributed by atoms with E-state index in [9.17, 15) is 0 Å². The Morgan fingerprint density at radius 3 is 3.00 bits per heavy atom. The van der Waals surface area contributed by atoms with Gasteiger partial charge in [-0.25, -0.2) is 9.67 Å². The Bertz CT molecular complexity index is 1150. The molecule has 154 valence electrons. The minimum Gasteiger partial charge on any atom is -0.496 e. The van der Waals surface area contributed by atoms with E-state index in [2.05, 4.69) is 31.2 Å². The van der Waals surface area contributed by atoms with Crippen molar-refractivity contribution in [1.82, 2.24) is 29.9 Å². The highest BCUT2D eigenvalue weighted by molar-refractivity contribution is 5.68. The molecule has 0 aliphatic carbocycles. The SMILES string of the molecule is COc1cccc2c1CCN(CCn1ncc(-c3n[nH]c(-c4ccco4)n3)c1N)C2. The van der Waals surface area contributed by atoms with Crippen LogP contribution in [0.25, 0.3) is 23.0 Å². The van der Waals surface area contributed by atoms with Crippen LogP contribution in [0.15, 0.2) is 47.2 Å². The molecular weight excluding hydrogens is 382 g/mol. The monoisotopic (exact) mass is 405 g/mol. The molecule has 3 aromatic heterocycles. The maximum absolute atomic E-state index is 6.34. The second-order valence-electron chi connectivity index (χ2n) is 7.28. The lowest BCUT2D eigenvalue weighted by molar-refractivity contribution is 0.238. The Kier molecular flexibility index (Phi) is 4.72. The largest absolute Gasteiger partial charge is 0.496 e. The standard InChI is InChI=1S/C21H23N7O2/c1-29-17-5-2-4-14-13-27(8-7-15(14)17)9-10-28-19(22)16(12-23-28)20-24-21(26-25-20)18-6-3-11-30-18/h2-6,11-12H,7-10,13,22H2,1H3,(H,24,25,26). The van der Waals surface area contributed by atoms with E-state index in [4.69, 9.17) is 14.9 Å². The summed E-state index contributed by atoms with van der Waals surface area (Å²) in [5, 5.41) is 11.6. The molecule has 1 aliphatic heterocycles. The number of anilines is 1. The minimum atomic E-state index is 0.504. The van der Waals surface area contributed by atoms with Gasteiger partial charge < -0.3 is 14.9 Å². The van der Waals surface area contributed by atoms with Gasteiger partial charge in [0.05, 0.1) is 31.7 Å². The molecule has 0 unspecified atom stereocenters. The van der Waals surface area contributed by atoms with Gasteiger partial charge in [0.2, 0.25) is 0 Å². The van der Waals surface area contributed by atoms with E-state index in [0.29, 0.717) is 35.3 Å². The highest BCUT2D eigenvalue weighted by atomic mass is 16.5. The number of furan rings is 1. The number of fused-ring (bicyclic) bond motifs is 1. The number of benzene rings is 1. The molecule has 1 aromatic carbocycles. The van der Waals surface area contributed by atoms with Crippen molar-refractivity contribution in [3.8, 4) is 28.7 Å². The lowest BCUT2D eigenvalue weighted by Gasteiger charge is -2.29. The van der Waals surface area contributed by atoms with Gasteiger partial charge in [0.25, 0.3) is 0 Å². The van der Waals surface area contributed by atoms with Gasteiger partial charge >= 0.3 is 0 Å². The lowest BCUT2D eigenvalue weighted by atomic mass is 9.99. The molecule has 0 saturated carbocycles. The number of H-pyrrole nitrogens is 1. The molecule has 0 bridgehead atoms. The fourth-order valence-electron chi connectivity index (χ4n) is 3.90. The van der Waals surface area contributed by atoms with Crippen LogP contribution < -0.4 is 10.5 Å². The predicted molar refractivity (Wildman–Crippen MR) is 112 cm³/mol. The average molecular weight is 405 g/mol. The summed E-state index contributed by atoms with van der Waals surface area (Å²) in [6.07, 6.45) is 4.28. The first-order valence-corrected chi connectivity index (χ1v) is 9.88. The summed E-state index contributed by atoms with van der Waals surface area (Å²) in [5.74, 6) is 3.23. The van der Waals surface area contributed by atoms with Gasteiger partial charge in [-0.2, -0.15) is 10.2 Å². The summed E-state index contributed by atoms with van der Waals surface area (Å²) in [4.78, 5) is 6.88. The number of ether oxygens (including phenoxy) is 1. The molecule has 5 rings (SSSR count). The van der Waals surface area contributed by atoms with Crippen LogP contribution in [-0.2, 0) is 19.5 Å². The Hall–Kier alpha value is -3.59. The molecule has 0 atom stereocenters. The Labute approximate surface area is 173 Å². The number of methoxy groups -OCH3 is 1. The Balaban J connectivity index is 1.26. The summed E-state index contributed by atoms with van der Waals surface area (Å²) in [7, 11) is 1.73. The fourth-order valence-corrected chi connectivity index (χ4v) is 3.90. The number of nitrogens with two attached hydrogens (primary N) is 1. The first-order valence-electron chi connectivity index (χ1n) is 9.88. The number of nitrogen functional groups attached to an aromatic ring is 1. The van der Waals surface area contributed by atoms with Crippen molar-refractivity contribution in [2.75, 3.05) is 25.9 Å². The number of hydrogen-bond acceptors (Lipinski definition) is 7. The van der Waals surface area contributed by atoms with Crippen molar-refractivity contribution in [2.45, 2.75) is 19.5 Å². The van der Waals surface area contributed by atoms with Crippen LogP contribution in [0.2, 0.25) is 0 Å². The molecule has 4 heterocycles. The fraction of sp³-hybridized carbons (Fsp3) is 0.286. The zero-order valence-electron chi connectivity index (χ0n) is 16.7. The van der Waals surface area contributed by atoms with Crippen LogP contribution in [0.1, 0.15) is 11.1 Å². The number of nitrogens with one attached hydrogen (secondary N) is 1. The predicted octanol–water partition coefficient (Wildman–Crippen LogP) is 2.58. The molecular formula is C21H23N7O2. The summed E-state index contributed by atoms with van der Waals surface area (Å²) >= 11 is 0. The normalized spacial score (nSPS) is 14.0. The van der Waals surface area contributed by atoms with Crippen LogP contribution in [0.5, 0.6) is 5.75 Å². The lowest BCUT2D eigenvalue weighted by Crippen LogP contribution is -2.33. The van der Waals surface area contributed by atoms with E-state index in [1.54, 1.807) is 30.3 Å². The van der Waals surface area contributed by atoms with Crippen LogP contribution >= 0.6 is 0 Å². The zero-order valence-corrected chi connectivity index (χ0v) is 16.7. The van der Waals surface area contributed by atoms with E-state index < -0.39 is 0 Å². The van der Waals surface area contributed by atoms with Crippen LogP contribution in [0.3, 0.4) is 0 Å². The van der Waals surface area contributed by atoms with Gasteiger partial charge in [0.15, 0.2) is 17.4 Å². The molecule has 4 aromatic rings. The molecule has 0 fully saturated rings. The third kappa shape index (κ3) is 3.33. The minimum absolute atomic E-state index is 0.504. The molecule has 1 aliphatic rings. The van der Waals surface area contributed by atoms with Crippen LogP contribution in [0, 0.1) is 0 Å². The van der Waals surface area contributed by atoms with Gasteiger partial charge in [-0.1, -0.05) is 12.1 Å². The van der Waals surface area contributed by atoms with Gasteiger partial charge in [-0.3, -0.25) is 10.00 Å². The molecule has 9 nitrogen and oxygen atoms in total. The highest BCUT2D eigenvalue weighted by Gasteiger charge is 2.20. The van der Waals surface area contributed by atoms with Gasteiger partial charge in [0, 0.05) is 19.6 Å². The van der Waals surface area contributed by atoms with E-state index in [1.165, 1.54) is 11.1 Å². The second kappa shape index (κ2) is 7.68. The highest BCUT2D eigenvalue weighted by Crippen LogP contribution is 2.28. The first-order chi connectivity index (χ1) is 14.7. The molecule has 0 saturated heterocycles. The average Bonchev–Trinajstić information content (AvgIpc) is 3.52. The number of aromatic amines is 1. The second-order valence-corrected chi connectivity index (χ2v) is 7.28. The topological polar surface area (TPSA) is 111 Å². The van der Waals surface area contributed by atoms with Crippen molar-refractivity contribution in [3.63, 3.8) is 0 Å². The maximum Gasteiger partial charge on any atom is 0.192 e. The number of rotatable bonds is 6. The molecule has 0 spiro atoms. The summed E-state index contributed by atoms with van der Waals surface area (Å²) < 4.78 is 12.6. The van der Waals surface area contributed by atoms with E-state index in [0.717, 1.165) is 31.8 Å². The van der Waals surface area contributed by atoms with Crippen LogP contribution in [0.4, 0.5) is 5.82 Å². The van der Waals surface area contributed by atoms with Crippen molar-refractivity contribution in [3.05, 3.63) is 53.9 Å². The molecule has 9 heteroatoms. The molecule has 0 amide bonds. The van der Waals surface area contributed by atoms with Crippen molar-refractivity contribution in [2.24, 2.45) is 0 Å². The van der Waals surface area contributed by atoms with Gasteiger partial charge in [0.1, 0.15) is 11.6 Å². The van der Waals surface area contributed by atoms with E-state index >= 15 is 0 Å². The summed E-state index contributed by atoms with van der Waals surface area (Å²) in [6, 6.07) is 9.88. The van der Waals surface area contributed by atoms with Crippen LogP contribution in [-0.4, -0.2) is 50.1 Å². The third-order valence-electron chi connectivity index (χ3n) is 5.51. The summed E-state index contributed by atoms with van der Waals surface area (Å²) in [6.45, 7) is 3.43. The molecule has 3 N–H and O–H groups in total. The van der Waals surface area contributed by atoms with Crippen molar-refractivity contribution >= 4 is 5.82 Å². The van der Waals surface area contributed by atoms with E-state index in [1.807, 2.05) is 18.2 Å². The summed E-state index contributed by atoms with van der Waals surface area (Å²) in [5.41, 5.74) is 9.68. The third-order valence-corrected chi connectivity index (χ3v) is 5.51. The number of aromatic nitrogens is 5. The van der Waals surface area contributed by atoms with Gasteiger partial charge in [-0.15, -0.1) is 0 Å². The van der Waals surface area contributed by atoms with Crippen molar-refractivity contribution < 1.29 is 9.15 Å². The Morgan fingerprint density at radius 1 is 1.23 bits per heavy atom. The van der Waals surface area contributed by atoms with Gasteiger partial charge in [-0.05, 0) is 35.7 Å². The maximum atomic E-state index is 6.34. The quantitative estimate of drug-likeness (QED) is 0.507. The van der Waals surface area contributed by atoms with E-state index in [-0.39, 0.29) is 0 Å². The Morgan fingerprint density at radius 2 is 2.17 bits per heavy atom. The first kappa shape index (κ1) is 18.4. The number of nitrogens with zero attached hydrogens (tertiary/aromatic N) is 5. The zero-order chi connectivity index (χ0) is 20.5.